The Morgan fingerprint density at radius 3 is 2.56 bits per heavy atom. The number of para-hydroxylation sites is 1. The smallest absolute Gasteiger partial charge is 0.0110 e. The summed E-state index contributed by atoms with van der Waals surface area (Å²) in [7, 11) is 2.41. The first-order valence-electron chi connectivity index (χ1n) is 2.26. The molecule has 1 radical (unpaired) electrons. The van der Waals surface area contributed by atoms with Crippen molar-refractivity contribution in [1.82, 2.24) is 0 Å². The summed E-state index contributed by atoms with van der Waals surface area (Å²) in [5, 5.41) is 9.63. The number of phenolic OH excluding ortho intramolecular Hbond substituents is 1. The molecule has 1 rings (SSSR count). The molecule has 1 atom stereocenters. The zero-order chi connectivity index (χ0) is 5.98. The maximum absolute atomic E-state index is 8.84. The standard InChI is InChI=1S/C6H6OP.Np/c7-5-3-1-2-4-6(5)8;/h1-2,4,7H,8H2;/q-1;. The van der Waals surface area contributed by atoms with E-state index >= 15 is 0 Å². The molecule has 0 aromatic heterocycles. The third-order valence-electron chi connectivity index (χ3n) is 0.865. The molecule has 47 valence electrons. The Balaban J connectivity index is 0.000000640. The van der Waals surface area contributed by atoms with Gasteiger partial charge in [-0.2, -0.15) is 27.4 Å². The monoisotopic (exact) mass is 361 g/mol. The van der Waals surface area contributed by atoms with E-state index in [1.807, 2.05) is 6.07 Å². The molecule has 9 heavy (non-hydrogen) atoms. The number of hydrogen-bond donors (Lipinski definition) is 1. The van der Waals surface area contributed by atoms with E-state index in [0.29, 0.717) is 0 Å². The number of benzene rings is 1. The van der Waals surface area contributed by atoms with Gasteiger partial charge in [0.25, 0.3) is 0 Å². The summed E-state index contributed by atoms with van der Waals surface area (Å²) in [6.45, 7) is 0. The number of aromatic hydroxyl groups is 1. The van der Waals surface area contributed by atoms with E-state index in [2.05, 4.69) is 15.3 Å². The molecular weight excluding hydrogens is 356 g/mol. The Morgan fingerprint density at radius 2 is 2.22 bits per heavy atom. The second kappa shape index (κ2) is 4.31. The average molecular weight is 362 g/mol. The minimum atomic E-state index is 0. The summed E-state index contributed by atoms with van der Waals surface area (Å²) < 4.78 is 0. The molecule has 3 heteroatoms. The van der Waals surface area contributed by atoms with Gasteiger partial charge < -0.3 is 5.11 Å². The van der Waals surface area contributed by atoms with Crippen molar-refractivity contribution in [1.29, 1.82) is 0 Å². The summed E-state index contributed by atoms with van der Waals surface area (Å²) in [6, 6.07) is 7.93. The first kappa shape index (κ1) is 9.46. The van der Waals surface area contributed by atoms with E-state index in [9.17, 15) is 0 Å². The molecule has 0 saturated carbocycles. The second-order valence-corrected chi connectivity index (χ2v) is 2.10. The normalized spacial score (nSPS) is 8.11. The van der Waals surface area contributed by atoms with Gasteiger partial charge >= 0.3 is 0 Å². The van der Waals surface area contributed by atoms with E-state index in [1.165, 1.54) is 0 Å². The number of phenols is 1. The van der Waals surface area contributed by atoms with Crippen molar-refractivity contribution in [2.75, 3.05) is 0 Å². The van der Waals surface area contributed by atoms with Crippen LogP contribution in [0, 0.1) is 36.0 Å². The van der Waals surface area contributed by atoms with Crippen molar-refractivity contribution in [2.24, 2.45) is 0 Å². The molecule has 0 aliphatic heterocycles. The number of hydrogen-bond acceptors (Lipinski definition) is 1. The van der Waals surface area contributed by atoms with Crippen molar-refractivity contribution in [3.8, 4) is 5.75 Å². The fraction of sp³-hybridized carbons (Fsp3) is 0. The fourth-order valence-electron chi connectivity index (χ4n) is 0.441. The van der Waals surface area contributed by atoms with Crippen LogP contribution in [-0.2, 0) is 0 Å². The van der Waals surface area contributed by atoms with Gasteiger partial charge in [-0.25, -0.2) is 0 Å². The molecule has 1 aromatic carbocycles. The molecule has 0 amide bonds. The van der Waals surface area contributed by atoms with E-state index in [-0.39, 0.29) is 35.7 Å². The van der Waals surface area contributed by atoms with Gasteiger partial charge in [-0.15, -0.1) is 6.07 Å². The quantitative estimate of drug-likeness (QED) is 0.532. The van der Waals surface area contributed by atoms with Gasteiger partial charge in [0.2, 0.25) is 0 Å². The Morgan fingerprint density at radius 1 is 1.56 bits per heavy atom. The van der Waals surface area contributed by atoms with Gasteiger partial charge in [-0.05, 0) is 0 Å². The molecule has 0 saturated heterocycles. The van der Waals surface area contributed by atoms with Gasteiger partial charge in [0.15, 0.2) is 0 Å². The Bertz CT molecular complexity index is 169. The van der Waals surface area contributed by atoms with E-state index in [4.69, 9.17) is 5.11 Å². The van der Waals surface area contributed by atoms with Crippen LogP contribution in [0.2, 0.25) is 0 Å². The minimum Gasteiger partial charge on any atom is -0.533 e. The zero-order valence-corrected chi connectivity index (χ0v) is 9.58. The summed E-state index contributed by atoms with van der Waals surface area (Å²) in [5.41, 5.74) is 0. The van der Waals surface area contributed by atoms with Crippen LogP contribution in [0.5, 0.6) is 5.75 Å². The minimum absolute atomic E-state index is 0. The van der Waals surface area contributed by atoms with Crippen molar-refractivity contribution < 1.29 is 35.0 Å². The third-order valence-corrected chi connectivity index (χ3v) is 1.33. The van der Waals surface area contributed by atoms with E-state index in [0.717, 1.165) is 5.30 Å². The molecule has 1 aromatic rings. The molecule has 0 aliphatic carbocycles. The first-order valence-corrected chi connectivity index (χ1v) is 2.83. The van der Waals surface area contributed by atoms with Crippen LogP contribution >= 0.6 is 9.24 Å². The van der Waals surface area contributed by atoms with Crippen LogP contribution in [0.1, 0.15) is 0 Å². The summed E-state index contributed by atoms with van der Waals surface area (Å²) in [5.74, 6) is 0.206. The Kier molecular flexibility index (Phi) is 4.53. The van der Waals surface area contributed by atoms with Gasteiger partial charge in [0.1, 0.15) is 0 Å². The molecule has 1 unspecified atom stereocenters. The SMILES string of the molecule is Oc1[c-]cccc1P.[Np]. The summed E-state index contributed by atoms with van der Waals surface area (Å²) in [6.07, 6.45) is 0. The molecule has 1 N–H and O–H groups in total. The van der Waals surface area contributed by atoms with E-state index in [1.54, 1.807) is 12.1 Å². The van der Waals surface area contributed by atoms with Gasteiger partial charge in [0.05, 0.1) is 0 Å². The number of rotatable bonds is 0. The third kappa shape index (κ3) is 2.69. The molecule has 0 spiro atoms. The predicted octanol–water partition coefficient (Wildman–Crippen LogP) is 0.693. The molecular formula is C6H6NpOP-. The average Bonchev–Trinajstić information content (AvgIpc) is 1.77. The largest absolute Gasteiger partial charge is 0.533 e. The van der Waals surface area contributed by atoms with Crippen molar-refractivity contribution >= 4 is 14.5 Å². The van der Waals surface area contributed by atoms with Crippen LogP contribution < -0.4 is 5.30 Å². The molecule has 0 bridgehead atoms. The predicted molar refractivity (Wildman–Crippen MR) is 36.3 cm³/mol. The second-order valence-electron chi connectivity index (χ2n) is 1.47. The maximum atomic E-state index is 8.84. The van der Waals surface area contributed by atoms with Crippen molar-refractivity contribution in [3.63, 3.8) is 0 Å². The van der Waals surface area contributed by atoms with Crippen LogP contribution in [0.15, 0.2) is 18.2 Å². The van der Waals surface area contributed by atoms with Gasteiger partial charge in [-0.1, -0.05) is 5.30 Å². The molecule has 0 aliphatic rings. The maximum Gasteiger partial charge on any atom is 0.0110 e. The Labute approximate surface area is 79.3 Å². The molecule has 0 fully saturated rings. The fourth-order valence-corrected chi connectivity index (χ4v) is 0.636. The van der Waals surface area contributed by atoms with Crippen LogP contribution in [-0.4, -0.2) is 5.11 Å². The van der Waals surface area contributed by atoms with Crippen molar-refractivity contribution in [2.45, 2.75) is 0 Å². The Hall–Kier alpha value is 0.463. The van der Waals surface area contributed by atoms with Gasteiger partial charge in [-0.3, -0.25) is 0 Å². The summed E-state index contributed by atoms with van der Waals surface area (Å²) in [4.78, 5) is 0. The topological polar surface area (TPSA) is 20.2 Å². The zero-order valence-electron chi connectivity index (χ0n) is 4.70. The first-order chi connectivity index (χ1) is 3.80. The van der Waals surface area contributed by atoms with E-state index < -0.39 is 0 Å². The van der Waals surface area contributed by atoms with Gasteiger partial charge in [0, 0.05) is 35.7 Å². The van der Waals surface area contributed by atoms with Crippen LogP contribution in [0.25, 0.3) is 0 Å². The van der Waals surface area contributed by atoms with Crippen LogP contribution in [0.3, 0.4) is 0 Å². The molecule has 0 heterocycles. The molecule has 1 nitrogen and oxygen atoms in total. The summed E-state index contributed by atoms with van der Waals surface area (Å²) >= 11 is 0. The van der Waals surface area contributed by atoms with Crippen molar-refractivity contribution in [3.05, 3.63) is 24.3 Å². The van der Waals surface area contributed by atoms with Crippen LogP contribution in [0.4, 0.5) is 0 Å².